The summed E-state index contributed by atoms with van der Waals surface area (Å²) in [7, 11) is 4.97. The number of thioether (sulfide) groups is 1. The fourth-order valence-electron chi connectivity index (χ4n) is 3.87. The van der Waals surface area contributed by atoms with E-state index in [1.807, 2.05) is 30.3 Å². The second kappa shape index (κ2) is 13.6. The van der Waals surface area contributed by atoms with Crippen molar-refractivity contribution >= 4 is 46.4 Å². The fraction of sp³-hybridized carbons (Fsp3) is 0.200. The maximum atomic E-state index is 14.4. The normalized spacial score (nSPS) is 11.8. The van der Waals surface area contributed by atoms with Gasteiger partial charge in [0.05, 0.1) is 30.1 Å². The third-order valence-corrected chi connectivity index (χ3v) is 7.21. The van der Waals surface area contributed by atoms with Crippen LogP contribution in [0.15, 0.2) is 89.0 Å². The summed E-state index contributed by atoms with van der Waals surface area (Å²) in [6, 6.07) is 20.8. The smallest absolute Gasteiger partial charge is 0.275 e. The molecular weight excluding hydrogens is 529 g/mol. The van der Waals surface area contributed by atoms with E-state index < -0.39 is 11.7 Å². The molecule has 2 N–H and O–H groups in total. The molecule has 0 saturated heterocycles. The number of anilines is 1. The molecule has 0 spiro atoms. The molecule has 8 nitrogen and oxygen atoms in total. The van der Waals surface area contributed by atoms with Crippen LogP contribution in [0.25, 0.3) is 10.9 Å². The highest BCUT2D eigenvalue weighted by Crippen LogP contribution is 2.29. The Morgan fingerprint density at radius 2 is 1.85 bits per heavy atom. The maximum absolute atomic E-state index is 14.4. The molecule has 40 heavy (non-hydrogen) atoms. The first-order valence-electron chi connectivity index (χ1n) is 12.5. The van der Waals surface area contributed by atoms with Gasteiger partial charge in [-0.05, 0) is 60.2 Å². The van der Waals surface area contributed by atoms with Crippen LogP contribution in [0.5, 0.6) is 5.75 Å². The lowest BCUT2D eigenvalue weighted by atomic mass is 10.1. The number of nitrogens with one attached hydrogen (secondary N) is 2. The van der Waals surface area contributed by atoms with Gasteiger partial charge in [0.2, 0.25) is 5.91 Å². The Bertz CT molecular complexity index is 1500. The molecule has 1 heterocycles. The first-order chi connectivity index (χ1) is 19.3. The molecule has 1 aromatic heterocycles. The van der Waals surface area contributed by atoms with Crippen LogP contribution in [0.1, 0.15) is 22.3 Å². The van der Waals surface area contributed by atoms with E-state index in [0.29, 0.717) is 28.1 Å². The van der Waals surface area contributed by atoms with Gasteiger partial charge in [-0.1, -0.05) is 18.2 Å². The Hall–Kier alpha value is -4.44. The summed E-state index contributed by atoms with van der Waals surface area (Å²) in [5, 5.41) is 7.88. The summed E-state index contributed by atoms with van der Waals surface area (Å²) < 4.78 is 19.5. The number of halogens is 1. The third-order valence-electron chi connectivity index (χ3n) is 6.03. The first-order valence-corrected chi connectivity index (χ1v) is 13.5. The Morgan fingerprint density at radius 1 is 1.10 bits per heavy atom. The van der Waals surface area contributed by atoms with E-state index in [0.717, 1.165) is 10.5 Å². The molecule has 206 valence electrons. The van der Waals surface area contributed by atoms with Crippen LogP contribution < -0.4 is 15.5 Å². The van der Waals surface area contributed by atoms with E-state index in [1.165, 1.54) is 29.4 Å². The quantitative estimate of drug-likeness (QED) is 0.149. The number of fused-ring (bicyclic) bond motifs is 1. The van der Waals surface area contributed by atoms with Gasteiger partial charge in [-0.2, -0.15) is 5.10 Å². The number of carbonyl (C=O) groups excluding carboxylic acids is 2. The highest BCUT2D eigenvalue weighted by atomic mass is 32.2. The molecule has 0 unspecified atom stereocenters. The molecule has 4 aromatic rings. The molecule has 0 aliphatic rings. The summed E-state index contributed by atoms with van der Waals surface area (Å²) in [6.07, 6.45) is 3.10. The molecule has 2 amide bonds. The van der Waals surface area contributed by atoms with Crippen molar-refractivity contribution in [2.24, 2.45) is 5.10 Å². The molecule has 1 atom stereocenters. The molecule has 0 aliphatic carbocycles. The zero-order valence-electron chi connectivity index (χ0n) is 22.4. The van der Waals surface area contributed by atoms with Crippen molar-refractivity contribution in [3.05, 3.63) is 95.9 Å². The summed E-state index contributed by atoms with van der Waals surface area (Å²) in [5.74, 6) is 0.163. The van der Waals surface area contributed by atoms with Gasteiger partial charge in [0.25, 0.3) is 5.91 Å². The van der Waals surface area contributed by atoms with Crippen LogP contribution in [-0.4, -0.2) is 60.9 Å². The van der Waals surface area contributed by atoms with Gasteiger partial charge < -0.3 is 15.0 Å². The molecule has 0 aliphatic heterocycles. The number of ether oxygens (including phenoxy) is 1. The van der Waals surface area contributed by atoms with Gasteiger partial charge >= 0.3 is 0 Å². The van der Waals surface area contributed by atoms with Gasteiger partial charge in [-0.25, -0.2) is 9.82 Å². The lowest BCUT2D eigenvalue weighted by Gasteiger charge is -2.23. The number of hydrogen-bond acceptors (Lipinski definition) is 7. The van der Waals surface area contributed by atoms with Crippen molar-refractivity contribution in [1.82, 2.24) is 15.3 Å². The Balaban J connectivity index is 1.63. The van der Waals surface area contributed by atoms with Gasteiger partial charge in [0, 0.05) is 48.8 Å². The van der Waals surface area contributed by atoms with Crippen molar-refractivity contribution in [2.45, 2.75) is 17.4 Å². The van der Waals surface area contributed by atoms with E-state index in [1.54, 1.807) is 63.3 Å². The number of hydrogen-bond donors (Lipinski definition) is 2. The van der Waals surface area contributed by atoms with Crippen molar-refractivity contribution in [3.63, 3.8) is 0 Å². The van der Waals surface area contributed by atoms with Crippen LogP contribution in [0.2, 0.25) is 0 Å². The Morgan fingerprint density at radius 3 is 2.55 bits per heavy atom. The zero-order chi connectivity index (χ0) is 28.5. The molecule has 0 fully saturated rings. The number of methoxy groups -OCH3 is 1. The minimum absolute atomic E-state index is 0.0780. The monoisotopic (exact) mass is 559 g/mol. The molecule has 4 rings (SSSR count). The first kappa shape index (κ1) is 28.6. The number of nitrogens with zero attached hydrogens (tertiary/aromatic N) is 3. The SMILES string of the molecule is COc1ccc(/C=N/NC(=O)c2cnc3ccc(F)cc3c2N[C@@H](CSc2ccccc2)CC(=O)N(C)C)cc1. The van der Waals surface area contributed by atoms with Gasteiger partial charge in [0.15, 0.2) is 0 Å². The predicted octanol–water partition coefficient (Wildman–Crippen LogP) is 5.20. The average molecular weight is 560 g/mol. The summed E-state index contributed by atoms with van der Waals surface area (Å²) in [4.78, 5) is 32.9. The molecule has 10 heteroatoms. The van der Waals surface area contributed by atoms with Crippen LogP contribution in [0, 0.1) is 5.82 Å². The standard InChI is InChI=1S/C30H30FN5O3S/c1-36(2)28(37)16-22(19-40-24-7-5-4-6-8-24)34-29-25-15-21(31)11-14-27(25)32-18-26(29)30(38)35-33-17-20-9-12-23(39-3)13-10-20/h4-15,17-18,22H,16,19H2,1-3H3,(H,32,34)(H,35,38)/b33-17+/t22-/m1/s1. The molecular formula is C30H30FN5O3S. The lowest BCUT2D eigenvalue weighted by Crippen LogP contribution is -2.33. The number of amides is 2. The Labute approximate surface area is 236 Å². The second-order valence-electron chi connectivity index (χ2n) is 9.14. The van der Waals surface area contributed by atoms with Crippen LogP contribution in [0.3, 0.4) is 0 Å². The summed E-state index contributed by atoms with van der Waals surface area (Å²) >= 11 is 1.58. The van der Waals surface area contributed by atoms with Gasteiger partial charge in [-0.3, -0.25) is 14.6 Å². The number of pyridine rings is 1. The van der Waals surface area contributed by atoms with Crippen molar-refractivity contribution in [1.29, 1.82) is 0 Å². The second-order valence-corrected chi connectivity index (χ2v) is 10.2. The van der Waals surface area contributed by atoms with Crippen LogP contribution in [0.4, 0.5) is 10.1 Å². The summed E-state index contributed by atoms with van der Waals surface area (Å²) in [6.45, 7) is 0. The van der Waals surface area contributed by atoms with E-state index >= 15 is 0 Å². The van der Waals surface area contributed by atoms with E-state index in [9.17, 15) is 14.0 Å². The average Bonchev–Trinajstić information content (AvgIpc) is 2.96. The predicted molar refractivity (Wildman–Crippen MR) is 158 cm³/mol. The molecule has 0 bridgehead atoms. The largest absolute Gasteiger partial charge is 0.497 e. The number of rotatable bonds is 11. The van der Waals surface area contributed by atoms with Crippen molar-refractivity contribution in [3.8, 4) is 5.75 Å². The minimum Gasteiger partial charge on any atom is -0.497 e. The topological polar surface area (TPSA) is 95.9 Å². The lowest BCUT2D eigenvalue weighted by molar-refractivity contribution is -0.128. The zero-order valence-corrected chi connectivity index (χ0v) is 23.2. The Kier molecular flexibility index (Phi) is 9.69. The number of carbonyl (C=O) groups is 2. The van der Waals surface area contributed by atoms with Crippen molar-refractivity contribution in [2.75, 3.05) is 32.3 Å². The maximum Gasteiger partial charge on any atom is 0.275 e. The minimum atomic E-state index is -0.528. The number of aromatic nitrogens is 1. The van der Waals surface area contributed by atoms with Crippen LogP contribution in [-0.2, 0) is 4.79 Å². The van der Waals surface area contributed by atoms with E-state index in [-0.39, 0.29) is 23.9 Å². The highest BCUT2D eigenvalue weighted by Gasteiger charge is 2.22. The van der Waals surface area contributed by atoms with E-state index in [2.05, 4.69) is 20.8 Å². The molecule has 0 radical (unpaired) electrons. The van der Waals surface area contributed by atoms with Crippen LogP contribution >= 0.6 is 11.8 Å². The third kappa shape index (κ3) is 7.57. The molecule has 3 aromatic carbocycles. The van der Waals surface area contributed by atoms with Gasteiger partial charge in [0.1, 0.15) is 11.6 Å². The highest BCUT2D eigenvalue weighted by molar-refractivity contribution is 7.99. The number of hydrazone groups is 1. The fourth-order valence-corrected chi connectivity index (χ4v) is 4.82. The summed E-state index contributed by atoms with van der Waals surface area (Å²) in [5.41, 5.74) is 4.36. The van der Waals surface area contributed by atoms with Crippen molar-refractivity contribution < 1.29 is 18.7 Å². The molecule has 0 saturated carbocycles. The number of benzene rings is 3. The van der Waals surface area contributed by atoms with Gasteiger partial charge in [-0.15, -0.1) is 11.8 Å². The van der Waals surface area contributed by atoms with E-state index in [4.69, 9.17) is 4.74 Å².